The van der Waals surface area contributed by atoms with Crippen molar-refractivity contribution in [2.75, 3.05) is 6.54 Å². The highest BCUT2D eigenvalue weighted by molar-refractivity contribution is 5.37. The summed E-state index contributed by atoms with van der Waals surface area (Å²) in [6.45, 7) is 9.28. The second kappa shape index (κ2) is 4.40. The lowest BCUT2D eigenvalue weighted by molar-refractivity contribution is 0.251. The van der Waals surface area contributed by atoms with Gasteiger partial charge in [0.25, 0.3) is 0 Å². The lowest BCUT2D eigenvalue weighted by atomic mass is 9.84. The van der Waals surface area contributed by atoms with Crippen molar-refractivity contribution in [1.29, 1.82) is 5.26 Å². The molecule has 1 N–H and O–H groups in total. The highest BCUT2D eigenvalue weighted by atomic mass is 14.9. The van der Waals surface area contributed by atoms with Crippen LogP contribution in [0.15, 0.2) is 24.3 Å². The van der Waals surface area contributed by atoms with E-state index < -0.39 is 0 Å². The van der Waals surface area contributed by atoms with E-state index in [1.54, 1.807) is 0 Å². The Morgan fingerprint density at radius 1 is 1.39 bits per heavy atom. The fourth-order valence-corrected chi connectivity index (χ4v) is 2.77. The third-order valence-corrected chi connectivity index (χ3v) is 3.84. The van der Waals surface area contributed by atoms with Gasteiger partial charge in [-0.3, -0.25) is 0 Å². The summed E-state index contributed by atoms with van der Waals surface area (Å²) in [6.07, 6.45) is 1.10. The number of nitriles is 1. The van der Waals surface area contributed by atoms with Gasteiger partial charge in [-0.15, -0.1) is 0 Å². The van der Waals surface area contributed by atoms with Gasteiger partial charge in [0.05, 0.1) is 11.5 Å². The molecule has 2 nitrogen and oxygen atoms in total. The Labute approximate surface area is 110 Å². The molecule has 0 amide bonds. The minimum absolute atomic E-state index is 0.217. The van der Waals surface area contributed by atoms with Crippen LogP contribution in [-0.2, 0) is 6.42 Å². The van der Waals surface area contributed by atoms with Gasteiger partial charge in [-0.2, -0.15) is 5.26 Å². The molecule has 1 aromatic carbocycles. The largest absolute Gasteiger partial charge is 0.308 e. The third kappa shape index (κ3) is 2.42. The first-order chi connectivity index (χ1) is 8.36. The van der Waals surface area contributed by atoms with Gasteiger partial charge < -0.3 is 5.32 Å². The second-order valence-corrected chi connectivity index (χ2v) is 6.67. The van der Waals surface area contributed by atoms with Crippen molar-refractivity contribution in [3.05, 3.63) is 35.4 Å². The number of nitrogens with zero attached hydrogens (tertiary/aromatic N) is 1. The standard InChI is InChI=1S/C16H22N2/c1-15(2,10-17)11-18-14-13-8-6-5-7-12(13)9-16(14,3)4/h5-8,14,18H,9,11H2,1-4H3. The van der Waals surface area contributed by atoms with Crippen LogP contribution in [0.25, 0.3) is 0 Å². The summed E-state index contributed by atoms with van der Waals surface area (Å²) in [5.41, 5.74) is 2.74. The minimum Gasteiger partial charge on any atom is -0.308 e. The van der Waals surface area contributed by atoms with Crippen LogP contribution in [0.4, 0.5) is 0 Å². The van der Waals surface area contributed by atoms with E-state index in [0.717, 1.165) is 13.0 Å². The molecule has 0 heterocycles. The maximum absolute atomic E-state index is 9.10. The highest BCUT2D eigenvalue weighted by Crippen LogP contribution is 2.45. The van der Waals surface area contributed by atoms with Gasteiger partial charge in [0.2, 0.25) is 0 Å². The first-order valence-electron chi connectivity index (χ1n) is 6.58. The van der Waals surface area contributed by atoms with Crippen molar-refractivity contribution in [1.82, 2.24) is 5.32 Å². The Hall–Kier alpha value is -1.33. The van der Waals surface area contributed by atoms with E-state index in [2.05, 4.69) is 49.5 Å². The predicted molar refractivity (Wildman–Crippen MR) is 74.1 cm³/mol. The summed E-state index contributed by atoms with van der Waals surface area (Å²) in [6, 6.07) is 11.3. The van der Waals surface area contributed by atoms with Crippen LogP contribution in [0, 0.1) is 22.2 Å². The number of hydrogen-bond donors (Lipinski definition) is 1. The molecule has 0 saturated heterocycles. The molecule has 1 aliphatic rings. The molecule has 18 heavy (non-hydrogen) atoms. The first kappa shape index (κ1) is 13.1. The van der Waals surface area contributed by atoms with E-state index >= 15 is 0 Å². The van der Waals surface area contributed by atoms with Crippen molar-refractivity contribution in [2.45, 2.75) is 40.2 Å². The quantitative estimate of drug-likeness (QED) is 0.881. The monoisotopic (exact) mass is 242 g/mol. The summed E-state index contributed by atoms with van der Waals surface area (Å²) in [5.74, 6) is 0. The molecule has 1 unspecified atom stereocenters. The third-order valence-electron chi connectivity index (χ3n) is 3.84. The van der Waals surface area contributed by atoms with E-state index in [1.807, 2.05) is 13.8 Å². The zero-order valence-corrected chi connectivity index (χ0v) is 11.7. The number of fused-ring (bicyclic) bond motifs is 1. The Morgan fingerprint density at radius 3 is 2.72 bits per heavy atom. The van der Waals surface area contributed by atoms with Gasteiger partial charge in [0.15, 0.2) is 0 Å². The summed E-state index contributed by atoms with van der Waals surface area (Å²) in [5, 5.41) is 12.7. The summed E-state index contributed by atoms with van der Waals surface area (Å²) < 4.78 is 0. The Bertz CT molecular complexity index is 480. The van der Waals surface area contributed by atoms with Crippen LogP contribution in [-0.4, -0.2) is 6.54 Å². The van der Waals surface area contributed by atoms with Crippen molar-refractivity contribution in [3.63, 3.8) is 0 Å². The molecule has 0 saturated carbocycles. The summed E-state index contributed by atoms with van der Waals surface area (Å²) >= 11 is 0. The van der Waals surface area contributed by atoms with Crippen molar-refractivity contribution in [3.8, 4) is 6.07 Å². The van der Waals surface area contributed by atoms with E-state index in [1.165, 1.54) is 11.1 Å². The molecule has 0 bridgehead atoms. The molecule has 0 radical (unpaired) electrons. The minimum atomic E-state index is -0.312. The van der Waals surface area contributed by atoms with E-state index in [9.17, 15) is 0 Å². The van der Waals surface area contributed by atoms with E-state index in [-0.39, 0.29) is 10.8 Å². The molecule has 1 atom stereocenters. The maximum atomic E-state index is 9.10. The molecule has 0 aromatic heterocycles. The van der Waals surface area contributed by atoms with Crippen LogP contribution >= 0.6 is 0 Å². The van der Waals surface area contributed by atoms with Crippen molar-refractivity contribution < 1.29 is 0 Å². The van der Waals surface area contributed by atoms with E-state index in [4.69, 9.17) is 5.26 Å². The Morgan fingerprint density at radius 2 is 2.06 bits per heavy atom. The SMILES string of the molecule is CC(C)(C#N)CNC1c2ccccc2CC1(C)C. The Balaban J connectivity index is 2.19. The topological polar surface area (TPSA) is 35.8 Å². The summed E-state index contributed by atoms with van der Waals surface area (Å²) in [7, 11) is 0. The zero-order chi connectivity index (χ0) is 13.4. The van der Waals surface area contributed by atoms with Crippen molar-refractivity contribution >= 4 is 0 Å². The fraction of sp³-hybridized carbons (Fsp3) is 0.562. The van der Waals surface area contributed by atoms with Crippen LogP contribution in [0.5, 0.6) is 0 Å². The van der Waals surface area contributed by atoms with Crippen LogP contribution in [0.3, 0.4) is 0 Å². The molecule has 96 valence electrons. The lowest BCUT2D eigenvalue weighted by Crippen LogP contribution is -2.36. The molecule has 0 fully saturated rings. The number of rotatable bonds is 3. The molecule has 1 aliphatic carbocycles. The molecule has 2 rings (SSSR count). The number of nitrogens with one attached hydrogen (secondary N) is 1. The normalized spacial score (nSPS) is 21.4. The van der Waals surface area contributed by atoms with Crippen molar-refractivity contribution in [2.24, 2.45) is 10.8 Å². The van der Waals surface area contributed by atoms with E-state index in [0.29, 0.717) is 6.04 Å². The van der Waals surface area contributed by atoms with Gasteiger partial charge in [0, 0.05) is 12.6 Å². The molecule has 0 spiro atoms. The van der Waals surface area contributed by atoms with Gasteiger partial charge in [-0.1, -0.05) is 38.1 Å². The molecular formula is C16H22N2. The predicted octanol–water partition coefficient (Wildman–Crippen LogP) is 3.45. The van der Waals surface area contributed by atoms with Gasteiger partial charge >= 0.3 is 0 Å². The number of benzene rings is 1. The average Bonchev–Trinajstić information content (AvgIpc) is 2.56. The smallest absolute Gasteiger partial charge is 0.0697 e. The molecule has 0 aliphatic heterocycles. The molecule has 2 heteroatoms. The van der Waals surface area contributed by atoms with Crippen LogP contribution < -0.4 is 5.32 Å². The molecule has 1 aromatic rings. The zero-order valence-electron chi connectivity index (χ0n) is 11.7. The Kier molecular flexibility index (Phi) is 3.21. The fourth-order valence-electron chi connectivity index (χ4n) is 2.77. The van der Waals surface area contributed by atoms with Crippen LogP contribution in [0.2, 0.25) is 0 Å². The first-order valence-corrected chi connectivity index (χ1v) is 6.58. The lowest BCUT2D eigenvalue weighted by Gasteiger charge is -2.31. The maximum Gasteiger partial charge on any atom is 0.0697 e. The average molecular weight is 242 g/mol. The summed E-state index contributed by atoms with van der Waals surface area (Å²) in [4.78, 5) is 0. The number of hydrogen-bond acceptors (Lipinski definition) is 2. The van der Waals surface area contributed by atoms with Crippen LogP contribution in [0.1, 0.15) is 44.9 Å². The van der Waals surface area contributed by atoms with Gasteiger partial charge in [-0.25, -0.2) is 0 Å². The second-order valence-electron chi connectivity index (χ2n) is 6.67. The van der Waals surface area contributed by atoms with Gasteiger partial charge in [0.1, 0.15) is 0 Å². The highest BCUT2D eigenvalue weighted by Gasteiger charge is 2.39. The molecular weight excluding hydrogens is 220 g/mol. The van der Waals surface area contributed by atoms with Gasteiger partial charge in [-0.05, 0) is 36.8 Å².